The fourth-order valence-electron chi connectivity index (χ4n) is 3.01. The molecule has 0 atom stereocenters. The molecule has 1 aliphatic rings. The molecule has 3 N–H and O–H groups in total. The summed E-state index contributed by atoms with van der Waals surface area (Å²) in [5, 5.41) is 10.1. The van der Waals surface area contributed by atoms with E-state index in [0.717, 1.165) is 34.9 Å². The standard InChI is InChI=1S/C16H22N4O3S2/c1-10-11(2)25-15-13(10)14(23)17-16(18-15)24-9-12(22)20-5-3-19(4-6-20)7-8-21/h21H,3-9H2,1-2H3,(H,17,18,23)/p+1. The number of aliphatic hydroxyl groups is 1. The Kier molecular flexibility index (Phi) is 5.78. The predicted molar refractivity (Wildman–Crippen MR) is 99.7 cm³/mol. The smallest absolute Gasteiger partial charge is 0.260 e. The molecule has 0 aromatic carbocycles. The summed E-state index contributed by atoms with van der Waals surface area (Å²) in [6, 6.07) is 0. The molecule has 136 valence electrons. The van der Waals surface area contributed by atoms with Crippen LogP contribution in [-0.4, -0.2) is 71.0 Å². The maximum atomic E-state index is 12.4. The predicted octanol–water partition coefficient (Wildman–Crippen LogP) is -0.587. The third-order valence-electron chi connectivity index (χ3n) is 4.64. The number of amides is 1. The van der Waals surface area contributed by atoms with E-state index in [2.05, 4.69) is 9.97 Å². The molecule has 7 nitrogen and oxygen atoms in total. The Balaban J connectivity index is 1.61. The number of quaternary nitrogens is 1. The highest BCUT2D eigenvalue weighted by Crippen LogP contribution is 2.27. The van der Waals surface area contributed by atoms with Crippen molar-refractivity contribution in [2.75, 3.05) is 45.1 Å². The van der Waals surface area contributed by atoms with E-state index in [1.165, 1.54) is 28.0 Å². The third-order valence-corrected chi connectivity index (χ3v) is 6.60. The molecular weight excluding hydrogens is 360 g/mol. The quantitative estimate of drug-likeness (QED) is 0.474. The van der Waals surface area contributed by atoms with Crippen LogP contribution >= 0.6 is 23.1 Å². The Bertz CT molecular complexity index is 825. The normalized spacial score (nSPS) is 15.9. The van der Waals surface area contributed by atoms with Gasteiger partial charge in [-0.2, -0.15) is 0 Å². The van der Waals surface area contributed by atoms with E-state index in [-0.39, 0.29) is 23.8 Å². The van der Waals surface area contributed by atoms with Gasteiger partial charge in [-0.3, -0.25) is 9.59 Å². The van der Waals surface area contributed by atoms with Crippen molar-refractivity contribution in [3.05, 3.63) is 20.8 Å². The molecule has 3 rings (SSSR count). The molecule has 0 unspecified atom stereocenters. The average Bonchev–Trinajstić information content (AvgIpc) is 2.88. The number of nitrogens with zero attached hydrogens (tertiary/aromatic N) is 2. The van der Waals surface area contributed by atoms with E-state index in [4.69, 9.17) is 5.11 Å². The van der Waals surface area contributed by atoms with Crippen LogP contribution in [0.3, 0.4) is 0 Å². The van der Waals surface area contributed by atoms with Gasteiger partial charge < -0.3 is 19.9 Å². The summed E-state index contributed by atoms with van der Waals surface area (Å²) in [6.45, 7) is 7.99. The first kappa shape index (κ1) is 18.4. The number of carbonyl (C=O) groups is 1. The molecule has 9 heteroatoms. The van der Waals surface area contributed by atoms with Crippen LogP contribution in [0.1, 0.15) is 10.4 Å². The molecule has 3 heterocycles. The lowest BCUT2D eigenvalue weighted by molar-refractivity contribution is -0.904. The number of hydrogen-bond donors (Lipinski definition) is 3. The van der Waals surface area contributed by atoms with Gasteiger partial charge in [0.1, 0.15) is 11.4 Å². The van der Waals surface area contributed by atoms with Gasteiger partial charge in [0.25, 0.3) is 5.56 Å². The summed E-state index contributed by atoms with van der Waals surface area (Å²) in [7, 11) is 0. The number of rotatable bonds is 5. The van der Waals surface area contributed by atoms with Crippen molar-refractivity contribution in [1.82, 2.24) is 14.9 Å². The van der Waals surface area contributed by atoms with E-state index in [0.29, 0.717) is 23.6 Å². The molecule has 0 radical (unpaired) electrons. The van der Waals surface area contributed by atoms with Gasteiger partial charge in [-0.05, 0) is 19.4 Å². The first-order valence-electron chi connectivity index (χ1n) is 8.34. The van der Waals surface area contributed by atoms with E-state index < -0.39 is 0 Å². The van der Waals surface area contributed by atoms with Crippen LogP contribution in [0.25, 0.3) is 10.2 Å². The van der Waals surface area contributed by atoms with Crippen LogP contribution in [0.2, 0.25) is 0 Å². The highest BCUT2D eigenvalue weighted by molar-refractivity contribution is 7.99. The van der Waals surface area contributed by atoms with Crippen molar-refractivity contribution in [2.24, 2.45) is 0 Å². The average molecular weight is 384 g/mol. The second kappa shape index (κ2) is 7.86. The van der Waals surface area contributed by atoms with Gasteiger partial charge in [0.15, 0.2) is 5.16 Å². The highest BCUT2D eigenvalue weighted by Gasteiger charge is 2.23. The minimum absolute atomic E-state index is 0.0642. The summed E-state index contributed by atoms with van der Waals surface area (Å²) >= 11 is 2.79. The Morgan fingerprint density at radius 1 is 1.40 bits per heavy atom. The maximum Gasteiger partial charge on any atom is 0.260 e. The molecule has 0 spiro atoms. The first-order chi connectivity index (χ1) is 12.0. The summed E-state index contributed by atoms with van der Waals surface area (Å²) in [6.07, 6.45) is 0. The lowest BCUT2D eigenvalue weighted by Gasteiger charge is -2.31. The summed E-state index contributed by atoms with van der Waals surface area (Å²) in [5.74, 6) is 0.335. The van der Waals surface area contributed by atoms with E-state index in [1.807, 2.05) is 18.7 Å². The van der Waals surface area contributed by atoms with Gasteiger partial charge in [-0.15, -0.1) is 11.3 Å². The van der Waals surface area contributed by atoms with E-state index in [1.54, 1.807) is 0 Å². The number of hydrogen-bond acceptors (Lipinski definition) is 6. The fourth-order valence-corrected chi connectivity index (χ4v) is 4.86. The summed E-state index contributed by atoms with van der Waals surface area (Å²) in [4.78, 5) is 36.9. The number of piperazine rings is 1. The van der Waals surface area contributed by atoms with Crippen molar-refractivity contribution in [3.63, 3.8) is 0 Å². The van der Waals surface area contributed by atoms with Crippen molar-refractivity contribution >= 4 is 39.2 Å². The van der Waals surface area contributed by atoms with Gasteiger partial charge in [-0.25, -0.2) is 4.98 Å². The topological polar surface area (TPSA) is 90.7 Å². The minimum atomic E-state index is -0.136. The van der Waals surface area contributed by atoms with Gasteiger partial charge in [-0.1, -0.05) is 11.8 Å². The van der Waals surface area contributed by atoms with Crippen LogP contribution in [0.4, 0.5) is 0 Å². The molecule has 1 amide bonds. The van der Waals surface area contributed by atoms with Gasteiger partial charge in [0, 0.05) is 4.88 Å². The number of thiophene rings is 1. The number of aryl methyl sites for hydroxylation is 2. The summed E-state index contributed by atoms with van der Waals surface area (Å²) < 4.78 is 0. The zero-order valence-corrected chi connectivity index (χ0v) is 16.1. The molecule has 1 aliphatic heterocycles. The second-order valence-corrected chi connectivity index (χ2v) is 8.39. The van der Waals surface area contributed by atoms with Gasteiger partial charge in [0.2, 0.25) is 5.91 Å². The minimum Gasteiger partial charge on any atom is -0.391 e. The lowest BCUT2D eigenvalue weighted by atomic mass is 10.2. The number of aliphatic hydroxyl groups excluding tert-OH is 1. The number of aromatic nitrogens is 2. The number of thioether (sulfide) groups is 1. The second-order valence-electron chi connectivity index (χ2n) is 6.23. The highest BCUT2D eigenvalue weighted by atomic mass is 32.2. The number of fused-ring (bicyclic) bond motifs is 1. The summed E-state index contributed by atoms with van der Waals surface area (Å²) in [5.41, 5.74) is 0.840. The fraction of sp³-hybridized carbons (Fsp3) is 0.562. The van der Waals surface area contributed by atoms with Crippen LogP contribution < -0.4 is 10.5 Å². The van der Waals surface area contributed by atoms with Crippen molar-refractivity contribution < 1.29 is 14.8 Å². The van der Waals surface area contributed by atoms with Crippen molar-refractivity contribution in [1.29, 1.82) is 0 Å². The number of aromatic amines is 1. The number of nitrogens with one attached hydrogen (secondary N) is 2. The maximum absolute atomic E-state index is 12.4. The zero-order valence-electron chi connectivity index (χ0n) is 14.4. The third kappa shape index (κ3) is 4.05. The zero-order chi connectivity index (χ0) is 18.0. The van der Waals surface area contributed by atoms with E-state index >= 15 is 0 Å². The molecule has 2 aromatic rings. The Hall–Kier alpha value is -1.42. The Morgan fingerprint density at radius 2 is 2.12 bits per heavy atom. The molecular formula is C16H23N4O3S2+. The van der Waals surface area contributed by atoms with Gasteiger partial charge in [0.05, 0.1) is 43.9 Å². The van der Waals surface area contributed by atoms with Crippen LogP contribution in [-0.2, 0) is 4.79 Å². The SMILES string of the molecule is Cc1sc2nc(SCC(=O)N3CC[NH+](CCO)CC3)[nH]c(=O)c2c1C. The van der Waals surface area contributed by atoms with Crippen molar-refractivity contribution in [2.45, 2.75) is 19.0 Å². The molecule has 25 heavy (non-hydrogen) atoms. The van der Waals surface area contributed by atoms with E-state index in [9.17, 15) is 9.59 Å². The largest absolute Gasteiger partial charge is 0.391 e. The molecule has 2 aromatic heterocycles. The number of carbonyl (C=O) groups excluding carboxylic acids is 1. The molecule has 0 saturated carbocycles. The number of H-pyrrole nitrogens is 1. The monoisotopic (exact) mass is 383 g/mol. The first-order valence-corrected chi connectivity index (χ1v) is 10.1. The van der Waals surface area contributed by atoms with Crippen LogP contribution in [0, 0.1) is 13.8 Å². The van der Waals surface area contributed by atoms with Crippen LogP contribution in [0.15, 0.2) is 9.95 Å². The Morgan fingerprint density at radius 3 is 2.80 bits per heavy atom. The molecule has 0 bridgehead atoms. The van der Waals surface area contributed by atoms with Gasteiger partial charge >= 0.3 is 0 Å². The lowest BCUT2D eigenvalue weighted by Crippen LogP contribution is -3.15. The molecule has 0 aliphatic carbocycles. The molecule has 1 fully saturated rings. The van der Waals surface area contributed by atoms with Crippen LogP contribution in [0.5, 0.6) is 0 Å². The molecule has 1 saturated heterocycles. The van der Waals surface area contributed by atoms with Crippen molar-refractivity contribution in [3.8, 4) is 0 Å². The Labute approximate surface area is 154 Å².